The van der Waals surface area contributed by atoms with Crippen molar-refractivity contribution in [2.24, 2.45) is 0 Å². The van der Waals surface area contributed by atoms with E-state index in [0.29, 0.717) is 35.9 Å². The number of hydrogen-bond donors (Lipinski definition) is 2. The molecular weight excluding hydrogens is 432 g/mol. The van der Waals surface area contributed by atoms with Gasteiger partial charge in [0.25, 0.3) is 5.56 Å². The van der Waals surface area contributed by atoms with Crippen LogP contribution in [0.4, 0.5) is 5.69 Å². The van der Waals surface area contributed by atoms with Gasteiger partial charge in [-0.05, 0) is 62.9 Å². The predicted molar refractivity (Wildman–Crippen MR) is 134 cm³/mol. The number of nitrogens with zero attached hydrogens (tertiary/aromatic N) is 2. The summed E-state index contributed by atoms with van der Waals surface area (Å²) in [6, 6.07) is 14.4. The number of benzene rings is 2. The molecule has 34 heavy (non-hydrogen) atoms. The van der Waals surface area contributed by atoms with Gasteiger partial charge in [0.05, 0.1) is 10.9 Å². The smallest absolute Gasteiger partial charge is 0.331 e. The molecule has 3 aromatic rings. The first-order valence-corrected chi connectivity index (χ1v) is 11.7. The van der Waals surface area contributed by atoms with Crippen molar-refractivity contribution in [2.45, 2.75) is 65.6 Å². The van der Waals surface area contributed by atoms with Crippen molar-refractivity contribution in [3.05, 3.63) is 74.9 Å². The lowest BCUT2D eigenvalue weighted by atomic mass is 10.1. The highest BCUT2D eigenvalue weighted by Crippen LogP contribution is 2.12. The van der Waals surface area contributed by atoms with Gasteiger partial charge < -0.3 is 10.6 Å². The molecule has 0 atom stereocenters. The van der Waals surface area contributed by atoms with Crippen LogP contribution in [0.5, 0.6) is 0 Å². The van der Waals surface area contributed by atoms with E-state index in [0.717, 1.165) is 16.6 Å². The summed E-state index contributed by atoms with van der Waals surface area (Å²) in [6.45, 7) is 5.81. The van der Waals surface area contributed by atoms with Crippen LogP contribution in [-0.2, 0) is 29.1 Å². The van der Waals surface area contributed by atoms with Crippen molar-refractivity contribution >= 4 is 28.4 Å². The number of para-hydroxylation sites is 1. The second kappa shape index (κ2) is 11.4. The lowest BCUT2D eigenvalue weighted by molar-refractivity contribution is -0.121. The first kappa shape index (κ1) is 25.0. The fourth-order valence-corrected chi connectivity index (χ4v) is 3.84. The molecule has 8 heteroatoms. The third kappa shape index (κ3) is 6.21. The number of hydrogen-bond acceptors (Lipinski definition) is 4. The highest BCUT2D eigenvalue weighted by Gasteiger charge is 2.15. The minimum atomic E-state index is -0.535. The molecule has 0 saturated heterocycles. The van der Waals surface area contributed by atoms with E-state index in [1.54, 1.807) is 24.3 Å². The largest absolute Gasteiger partial charge is 0.354 e. The zero-order chi connectivity index (χ0) is 24.7. The van der Waals surface area contributed by atoms with Crippen LogP contribution in [0, 0.1) is 0 Å². The minimum Gasteiger partial charge on any atom is -0.354 e. The Bertz CT molecular complexity index is 1270. The zero-order valence-electron chi connectivity index (χ0n) is 20.0. The highest BCUT2D eigenvalue weighted by atomic mass is 16.2. The maximum absolute atomic E-state index is 13.2. The van der Waals surface area contributed by atoms with Crippen LogP contribution in [0.15, 0.2) is 58.1 Å². The van der Waals surface area contributed by atoms with E-state index in [1.165, 1.54) is 4.57 Å². The number of amides is 2. The Balaban J connectivity index is 1.80. The molecule has 2 aromatic carbocycles. The molecule has 2 amide bonds. The van der Waals surface area contributed by atoms with Gasteiger partial charge >= 0.3 is 5.69 Å². The van der Waals surface area contributed by atoms with Gasteiger partial charge in [-0.2, -0.15) is 0 Å². The van der Waals surface area contributed by atoms with Crippen LogP contribution < -0.4 is 21.9 Å². The van der Waals surface area contributed by atoms with E-state index >= 15 is 0 Å². The number of carbonyl (C=O) groups excluding carboxylic acids is 2. The summed E-state index contributed by atoms with van der Waals surface area (Å²) in [5, 5.41) is 6.02. The van der Waals surface area contributed by atoms with E-state index in [-0.39, 0.29) is 36.5 Å². The zero-order valence-corrected chi connectivity index (χ0v) is 20.0. The summed E-state index contributed by atoms with van der Waals surface area (Å²) >= 11 is 0. The number of nitrogens with one attached hydrogen (secondary N) is 2. The van der Waals surface area contributed by atoms with Crippen LogP contribution >= 0.6 is 0 Å². The van der Waals surface area contributed by atoms with E-state index < -0.39 is 5.69 Å². The maximum Gasteiger partial charge on any atom is 0.331 e. The summed E-state index contributed by atoms with van der Waals surface area (Å²) in [6.07, 6.45) is 2.27. The number of carbonyl (C=O) groups is 2. The molecule has 0 radical (unpaired) electrons. The van der Waals surface area contributed by atoms with Crippen LogP contribution in [0.25, 0.3) is 10.9 Å². The quantitative estimate of drug-likeness (QED) is 0.450. The third-order valence-corrected chi connectivity index (χ3v) is 5.57. The van der Waals surface area contributed by atoms with Crippen LogP contribution in [0.2, 0.25) is 0 Å². The lowest BCUT2D eigenvalue weighted by Gasteiger charge is -2.14. The molecule has 0 unspecified atom stereocenters. The van der Waals surface area contributed by atoms with Crippen molar-refractivity contribution in [3.8, 4) is 0 Å². The van der Waals surface area contributed by atoms with Crippen molar-refractivity contribution in [2.75, 3.05) is 5.32 Å². The second-order valence-electron chi connectivity index (χ2n) is 8.62. The number of aromatic nitrogens is 2. The Morgan fingerprint density at radius 2 is 1.62 bits per heavy atom. The number of unbranched alkanes of at least 4 members (excludes halogenated alkanes) is 1. The van der Waals surface area contributed by atoms with Gasteiger partial charge in [0.15, 0.2) is 0 Å². The van der Waals surface area contributed by atoms with E-state index in [9.17, 15) is 19.2 Å². The molecule has 8 nitrogen and oxygen atoms in total. The summed E-state index contributed by atoms with van der Waals surface area (Å²) in [5.41, 5.74) is 1.30. The van der Waals surface area contributed by atoms with Gasteiger partial charge in [0.1, 0.15) is 6.54 Å². The summed E-state index contributed by atoms with van der Waals surface area (Å²) < 4.78 is 2.49. The molecule has 1 aromatic heterocycles. The van der Waals surface area contributed by atoms with Gasteiger partial charge in [0, 0.05) is 24.7 Å². The molecule has 3 rings (SSSR count). The first-order chi connectivity index (χ1) is 16.3. The normalized spacial score (nSPS) is 11.1. The Kier molecular flexibility index (Phi) is 8.40. The Hall–Kier alpha value is -3.68. The minimum absolute atomic E-state index is 0.0538. The van der Waals surface area contributed by atoms with Crippen LogP contribution in [0.1, 0.15) is 45.6 Å². The predicted octanol–water partition coefficient (Wildman–Crippen LogP) is 3.06. The molecule has 0 aliphatic rings. The molecular formula is C26H32N4O4. The molecule has 0 aliphatic carbocycles. The lowest BCUT2D eigenvalue weighted by Crippen LogP contribution is -2.41. The molecule has 0 spiro atoms. The van der Waals surface area contributed by atoms with Gasteiger partial charge in [-0.15, -0.1) is 0 Å². The molecule has 0 aliphatic heterocycles. The number of anilines is 1. The molecule has 180 valence electrons. The summed E-state index contributed by atoms with van der Waals surface area (Å²) in [4.78, 5) is 50.8. The second-order valence-corrected chi connectivity index (χ2v) is 8.62. The van der Waals surface area contributed by atoms with E-state index in [4.69, 9.17) is 0 Å². The van der Waals surface area contributed by atoms with Gasteiger partial charge in [0.2, 0.25) is 11.8 Å². The average Bonchev–Trinajstić information content (AvgIpc) is 2.81. The topological polar surface area (TPSA) is 102 Å². The standard InChI is InChI=1S/C26H32N4O4/c1-4-19-12-14-20(15-13-19)28-24(32)17-30-22-10-6-5-9-21(22)25(33)29(26(30)34)16-8-7-11-23(31)27-18(2)3/h5-6,9-10,12-15,18H,4,7-8,11,16-17H2,1-3H3,(H,27,31)(H,28,32). The van der Waals surface area contributed by atoms with Crippen molar-refractivity contribution in [1.82, 2.24) is 14.5 Å². The first-order valence-electron chi connectivity index (χ1n) is 11.7. The van der Waals surface area contributed by atoms with Gasteiger partial charge in [-0.25, -0.2) is 4.79 Å². The van der Waals surface area contributed by atoms with E-state index in [1.807, 2.05) is 38.1 Å². The van der Waals surface area contributed by atoms with Crippen molar-refractivity contribution < 1.29 is 9.59 Å². The Labute approximate surface area is 198 Å². The van der Waals surface area contributed by atoms with E-state index in [2.05, 4.69) is 17.6 Å². The molecule has 0 bridgehead atoms. The van der Waals surface area contributed by atoms with Gasteiger partial charge in [-0.1, -0.05) is 31.2 Å². The molecule has 0 fully saturated rings. The van der Waals surface area contributed by atoms with Crippen LogP contribution in [0.3, 0.4) is 0 Å². The summed E-state index contributed by atoms with van der Waals surface area (Å²) in [5.74, 6) is -0.408. The number of fused-ring (bicyclic) bond motifs is 1. The number of rotatable bonds is 10. The number of aryl methyl sites for hydroxylation is 1. The SMILES string of the molecule is CCc1ccc(NC(=O)Cn2c(=O)n(CCCCC(=O)NC(C)C)c(=O)c3ccccc32)cc1. The average molecular weight is 465 g/mol. The highest BCUT2D eigenvalue weighted by molar-refractivity contribution is 5.91. The maximum atomic E-state index is 13.2. The Morgan fingerprint density at radius 1 is 0.912 bits per heavy atom. The third-order valence-electron chi connectivity index (χ3n) is 5.57. The molecule has 2 N–H and O–H groups in total. The molecule has 0 saturated carbocycles. The monoisotopic (exact) mass is 464 g/mol. The van der Waals surface area contributed by atoms with Gasteiger partial charge in [-0.3, -0.25) is 23.5 Å². The fourth-order valence-electron chi connectivity index (χ4n) is 3.84. The Morgan fingerprint density at radius 3 is 2.29 bits per heavy atom. The fraction of sp³-hybridized carbons (Fsp3) is 0.385. The molecule has 1 heterocycles. The van der Waals surface area contributed by atoms with Crippen LogP contribution in [-0.4, -0.2) is 27.0 Å². The van der Waals surface area contributed by atoms with Crippen molar-refractivity contribution in [1.29, 1.82) is 0 Å². The van der Waals surface area contributed by atoms with Crippen molar-refractivity contribution in [3.63, 3.8) is 0 Å². The summed E-state index contributed by atoms with van der Waals surface area (Å²) in [7, 11) is 0.